The van der Waals surface area contributed by atoms with Crippen LogP contribution in [-0.2, 0) is 10.0 Å². The van der Waals surface area contributed by atoms with Crippen LogP contribution in [0.3, 0.4) is 0 Å². The Balaban J connectivity index is 2.32. The van der Waals surface area contributed by atoms with Crippen LogP contribution in [0.4, 0.5) is 0 Å². The van der Waals surface area contributed by atoms with Gasteiger partial charge in [-0.2, -0.15) is 0 Å². The van der Waals surface area contributed by atoms with E-state index in [2.05, 4.69) is 19.2 Å². The smallest absolute Gasteiger partial charge is 0.211 e. The Bertz CT molecular complexity index is 299. The molecule has 1 saturated heterocycles. The summed E-state index contributed by atoms with van der Waals surface area (Å²) in [6.45, 7) is 6.68. The fraction of sp³-hybridized carbons (Fsp3) is 1.00. The summed E-state index contributed by atoms with van der Waals surface area (Å²) in [5.41, 5.74) is 0. The molecule has 1 heterocycles. The van der Waals surface area contributed by atoms with Gasteiger partial charge in [-0.1, -0.05) is 13.8 Å². The van der Waals surface area contributed by atoms with Crippen LogP contribution < -0.4 is 5.32 Å². The van der Waals surface area contributed by atoms with E-state index in [0.29, 0.717) is 25.0 Å². The molecule has 1 fully saturated rings. The molecule has 0 bridgehead atoms. The normalized spacial score (nSPS) is 23.1. The Labute approximate surface area is 99.5 Å². The Morgan fingerprint density at radius 1 is 1.38 bits per heavy atom. The van der Waals surface area contributed by atoms with Gasteiger partial charge in [-0.15, -0.1) is 0 Å². The van der Waals surface area contributed by atoms with E-state index in [0.717, 1.165) is 25.8 Å². The zero-order valence-corrected chi connectivity index (χ0v) is 11.4. The maximum Gasteiger partial charge on any atom is 0.211 e. The number of hydrogen-bond acceptors (Lipinski definition) is 3. The van der Waals surface area contributed by atoms with Gasteiger partial charge in [0.25, 0.3) is 0 Å². The monoisotopic (exact) mass is 248 g/mol. The first-order valence-corrected chi connectivity index (χ1v) is 8.00. The molecule has 1 atom stereocenters. The molecule has 0 aromatic rings. The molecule has 1 rings (SSSR count). The molecule has 1 unspecified atom stereocenters. The van der Waals surface area contributed by atoms with Crippen molar-refractivity contribution >= 4 is 10.0 Å². The SMILES string of the molecule is CCC(CC)NCC1CCN(S(C)(=O)=O)C1. The number of nitrogens with one attached hydrogen (secondary N) is 1. The zero-order chi connectivity index (χ0) is 12.2. The quantitative estimate of drug-likeness (QED) is 0.764. The Kier molecular flexibility index (Phi) is 5.21. The van der Waals surface area contributed by atoms with Crippen molar-refractivity contribution in [3.8, 4) is 0 Å². The lowest BCUT2D eigenvalue weighted by molar-refractivity contribution is 0.409. The second-order valence-electron chi connectivity index (χ2n) is 4.70. The summed E-state index contributed by atoms with van der Waals surface area (Å²) in [6, 6.07) is 0.576. The molecule has 0 saturated carbocycles. The maximum atomic E-state index is 11.3. The predicted octanol–water partition coefficient (Wildman–Crippen LogP) is 1.05. The molecule has 5 heteroatoms. The van der Waals surface area contributed by atoms with Crippen molar-refractivity contribution in [1.82, 2.24) is 9.62 Å². The first-order chi connectivity index (χ1) is 7.47. The average Bonchev–Trinajstić information content (AvgIpc) is 2.67. The third-order valence-corrected chi connectivity index (χ3v) is 4.67. The molecule has 0 aliphatic carbocycles. The molecule has 0 radical (unpaired) electrons. The second-order valence-corrected chi connectivity index (χ2v) is 6.68. The van der Waals surface area contributed by atoms with Gasteiger partial charge in [0, 0.05) is 19.1 Å². The van der Waals surface area contributed by atoms with Crippen LogP contribution in [0.1, 0.15) is 33.1 Å². The van der Waals surface area contributed by atoms with Gasteiger partial charge in [-0.25, -0.2) is 12.7 Å². The van der Waals surface area contributed by atoms with Gasteiger partial charge in [0.1, 0.15) is 0 Å². The van der Waals surface area contributed by atoms with E-state index in [1.165, 1.54) is 6.26 Å². The number of sulfonamides is 1. The van der Waals surface area contributed by atoms with Crippen LogP contribution in [0.2, 0.25) is 0 Å². The summed E-state index contributed by atoms with van der Waals surface area (Å²) >= 11 is 0. The van der Waals surface area contributed by atoms with Crippen molar-refractivity contribution in [1.29, 1.82) is 0 Å². The lowest BCUT2D eigenvalue weighted by atomic mass is 10.1. The van der Waals surface area contributed by atoms with Crippen LogP contribution >= 0.6 is 0 Å². The predicted molar refractivity (Wildman–Crippen MR) is 66.9 cm³/mol. The molecule has 0 aromatic carbocycles. The number of hydrogen-bond donors (Lipinski definition) is 1. The summed E-state index contributed by atoms with van der Waals surface area (Å²) < 4.78 is 24.3. The van der Waals surface area contributed by atoms with Crippen molar-refractivity contribution in [2.45, 2.75) is 39.2 Å². The first-order valence-electron chi connectivity index (χ1n) is 6.15. The van der Waals surface area contributed by atoms with Gasteiger partial charge in [-0.05, 0) is 31.7 Å². The highest BCUT2D eigenvalue weighted by atomic mass is 32.2. The van der Waals surface area contributed by atoms with E-state index in [1.807, 2.05) is 0 Å². The third-order valence-electron chi connectivity index (χ3n) is 3.40. The fourth-order valence-corrected chi connectivity index (χ4v) is 3.09. The largest absolute Gasteiger partial charge is 0.314 e. The first kappa shape index (κ1) is 13.9. The summed E-state index contributed by atoms with van der Waals surface area (Å²) in [6.07, 6.45) is 4.56. The lowest BCUT2D eigenvalue weighted by Crippen LogP contribution is -2.34. The summed E-state index contributed by atoms with van der Waals surface area (Å²) in [7, 11) is -2.98. The number of nitrogens with zero attached hydrogens (tertiary/aromatic N) is 1. The molecule has 4 nitrogen and oxygen atoms in total. The van der Waals surface area contributed by atoms with E-state index in [1.54, 1.807) is 4.31 Å². The third kappa shape index (κ3) is 4.03. The molecule has 1 aliphatic rings. The van der Waals surface area contributed by atoms with E-state index in [-0.39, 0.29) is 0 Å². The van der Waals surface area contributed by atoms with Crippen molar-refractivity contribution in [3.05, 3.63) is 0 Å². The van der Waals surface area contributed by atoms with Crippen LogP contribution in [0.15, 0.2) is 0 Å². The second kappa shape index (κ2) is 5.98. The molecule has 1 aliphatic heterocycles. The minimum Gasteiger partial charge on any atom is -0.314 e. The van der Waals surface area contributed by atoms with Gasteiger partial charge in [0.2, 0.25) is 10.0 Å². The summed E-state index contributed by atoms with van der Waals surface area (Å²) in [5.74, 6) is 0.482. The van der Waals surface area contributed by atoms with Gasteiger partial charge in [-0.3, -0.25) is 0 Å². The fourth-order valence-electron chi connectivity index (χ4n) is 2.18. The van der Waals surface area contributed by atoms with Gasteiger partial charge >= 0.3 is 0 Å². The van der Waals surface area contributed by atoms with Crippen molar-refractivity contribution < 1.29 is 8.42 Å². The van der Waals surface area contributed by atoms with E-state index in [4.69, 9.17) is 0 Å². The molecule has 1 N–H and O–H groups in total. The summed E-state index contributed by atoms with van der Waals surface area (Å²) in [5, 5.41) is 3.51. The van der Waals surface area contributed by atoms with Crippen LogP contribution in [0.5, 0.6) is 0 Å². The van der Waals surface area contributed by atoms with Crippen LogP contribution in [-0.4, -0.2) is 44.7 Å². The molecule has 0 amide bonds. The standard InChI is InChI=1S/C11H24N2O2S/c1-4-11(5-2)12-8-10-6-7-13(9-10)16(3,14)15/h10-12H,4-9H2,1-3H3. The molecule has 0 spiro atoms. The molecule has 96 valence electrons. The summed E-state index contributed by atoms with van der Waals surface area (Å²) in [4.78, 5) is 0. The van der Waals surface area contributed by atoms with Gasteiger partial charge in [0.15, 0.2) is 0 Å². The minimum atomic E-state index is -2.98. The Morgan fingerprint density at radius 3 is 2.44 bits per heavy atom. The van der Waals surface area contributed by atoms with Crippen molar-refractivity contribution in [2.24, 2.45) is 5.92 Å². The van der Waals surface area contributed by atoms with E-state index >= 15 is 0 Å². The highest BCUT2D eigenvalue weighted by Gasteiger charge is 2.28. The van der Waals surface area contributed by atoms with Gasteiger partial charge in [0.05, 0.1) is 6.26 Å². The minimum absolute atomic E-state index is 0.482. The lowest BCUT2D eigenvalue weighted by Gasteiger charge is -2.18. The molecule has 16 heavy (non-hydrogen) atoms. The Morgan fingerprint density at radius 2 is 2.00 bits per heavy atom. The van der Waals surface area contributed by atoms with Crippen molar-refractivity contribution in [2.75, 3.05) is 25.9 Å². The molecular weight excluding hydrogens is 224 g/mol. The van der Waals surface area contributed by atoms with Gasteiger partial charge < -0.3 is 5.32 Å². The molecule has 0 aromatic heterocycles. The maximum absolute atomic E-state index is 11.3. The zero-order valence-electron chi connectivity index (χ0n) is 10.6. The average molecular weight is 248 g/mol. The highest BCUT2D eigenvalue weighted by molar-refractivity contribution is 7.88. The molecular formula is C11H24N2O2S. The van der Waals surface area contributed by atoms with E-state index in [9.17, 15) is 8.42 Å². The number of rotatable bonds is 6. The highest BCUT2D eigenvalue weighted by Crippen LogP contribution is 2.18. The van der Waals surface area contributed by atoms with Crippen LogP contribution in [0.25, 0.3) is 0 Å². The van der Waals surface area contributed by atoms with Crippen LogP contribution in [0, 0.1) is 5.92 Å². The van der Waals surface area contributed by atoms with Crippen molar-refractivity contribution in [3.63, 3.8) is 0 Å². The topological polar surface area (TPSA) is 49.4 Å². The van der Waals surface area contributed by atoms with E-state index < -0.39 is 10.0 Å². The Hall–Kier alpha value is -0.130.